The normalized spacial score (nSPS) is 24.3. The van der Waals surface area contributed by atoms with Gasteiger partial charge in [0.25, 0.3) is 0 Å². The van der Waals surface area contributed by atoms with Crippen LogP contribution in [0.2, 0.25) is 0 Å². The molecule has 0 aliphatic carbocycles. The molecule has 1 amide bonds. The summed E-state index contributed by atoms with van der Waals surface area (Å²) >= 11 is 1.76. The fraction of sp³-hybridized carbons (Fsp3) is 0.500. The molecule has 4 heterocycles. The highest BCUT2D eigenvalue weighted by atomic mass is 32.1. The Bertz CT molecular complexity index is 676. The Morgan fingerprint density at radius 3 is 2.75 bits per heavy atom. The van der Waals surface area contributed by atoms with Crippen LogP contribution in [0.1, 0.15) is 36.6 Å². The van der Waals surface area contributed by atoms with E-state index in [0.29, 0.717) is 5.91 Å². The summed E-state index contributed by atoms with van der Waals surface area (Å²) in [4.78, 5) is 27.4. The van der Waals surface area contributed by atoms with Gasteiger partial charge in [0.2, 0.25) is 11.9 Å². The maximum atomic E-state index is 13.1. The van der Waals surface area contributed by atoms with E-state index in [1.807, 2.05) is 6.07 Å². The van der Waals surface area contributed by atoms with Crippen LogP contribution in [0.15, 0.2) is 36.0 Å². The van der Waals surface area contributed by atoms with Crippen molar-refractivity contribution in [3.63, 3.8) is 0 Å². The molecule has 4 rings (SSSR count). The molecular formula is C18H22N4OS. The Morgan fingerprint density at radius 1 is 1.12 bits per heavy atom. The van der Waals surface area contributed by atoms with Crippen LogP contribution < -0.4 is 4.90 Å². The number of carbonyl (C=O) groups excluding carboxylic acids is 1. The molecule has 2 saturated heterocycles. The van der Waals surface area contributed by atoms with Gasteiger partial charge in [0.05, 0.1) is 12.0 Å². The average molecular weight is 342 g/mol. The molecule has 0 saturated carbocycles. The number of hydrogen-bond acceptors (Lipinski definition) is 5. The zero-order valence-electron chi connectivity index (χ0n) is 13.7. The highest BCUT2D eigenvalue weighted by Gasteiger charge is 2.36. The van der Waals surface area contributed by atoms with Crippen molar-refractivity contribution >= 4 is 23.2 Å². The van der Waals surface area contributed by atoms with E-state index in [4.69, 9.17) is 0 Å². The Morgan fingerprint density at radius 2 is 1.96 bits per heavy atom. The van der Waals surface area contributed by atoms with Crippen LogP contribution in [0.3, 0.4) is 0 Å². The average Bonchev–Trinajstić information content (AvgIpc) is 3.33. The monoisotopic (exact) mass is 342 g/mol. The molecule has 6 heteroatoms. The van der Waals surface area contributed by atoms with Gasteiger partial charge in [-0.2, -0.15) is 0 Å². The second kappa shape index (κ2) is 6.89. The van der Waals surface area contributed by atoms with Crippen molar-refractivity contribution < 1.29 is 4.79 Å². The summed E-state index contributed by atoms with van der Waals surface area (Å²) in [5, 5.41) is 2.10. The second-order valence-corrected chi connectivity index (χ2v) is 7.52. The minimum absolute atomic E-state index is 0.0584. The van der Waals surface area contributed by atoms with Crippen LogP contribution in [0.25, 0.3) is 0 Å². The molecule has 0 N–H and O–H groups in total. The molecule has 0 unspecified atom stereocenters. The Kier molecular flexibility index (Phi) is 4.47. The summed E-state index contributed by atoms with van der Waals surface area (Å²) in [7, 11) is 0. The van der Waals surface area contributed by atoms with Crippen LogP contribution >= 0.6 is 11.3 Å². The van der Waals surface area contributed by atoms with Crippen molar-refractivity contribution in [3.8, 4) is 0 Å². The summed E-state index contributed by atoms with van der Waals surface area (Å²) < 4.78 is 0. The number of carbonyl (C=O) groups is 1. The Hall–Kier alpha value is -1.95. The van der Waals surface area contributed by atoms with Gasteiger partial charge in [-0.05, 0) is 43.2 Å². The Balaban J connectivity index is 1.47. The van der Waals surface area contributed by atoms with Crippen molar-refractivity contribution in [1.82, 2.24) is 14.9 Å². The largest absolute Gasteiger partial charge is 0.340 e. The number of nitrogens with zero attached hydrogens (tertiary/aromatic N) is 4. The molecule has 126 valence electrons. The molecule has 2 aromatic heterocycles. The number of anilines is 1. The van der Waals surface area contributed by atoms with Crippen molar-refractivity contribution in [3.05, 3.63) is 40.8 Å². The predicted octanol–water partition coefficient (Wildman–Crippen LogP) is 3.12. The highest BCUT2D eigenvalue weighted by Crippen LogP contribution is 2.36. The first kappa shape index (κ1) is 15.6. The first-order valence-corrected chi connectivity index (χ1v) is 9.57. The number of rotatable bonds is 3. The predicted molar refractivity (Wildman–Crippen MR) is 95.0 cm³/mol. The van der Waals surface area contributed by atoms with Gasteiger partial charge in [0.1, 0.15) is 0 Å². The van der Waals surface area contributed by atoms with Crippen molar-refractivity contribution in [1.29, 1.82) is 0 Å². The molecule has 0 spiro atoms. The second-order valence-electron chi connectivity index (χ2n) is 6.54. The summed E-state index contributed by atoms with van der Waals surface area (Å²) in [5.41, 5.74) is 0. The SMILES string of the molecule is O=C([C@H]1CCCN(c2ncccn2)C1)N1CCC[C@H]1c1cccs1. The van der Waals surface area contributed by atoms with E-state index in [1.54, 1.807) is 23.7 Å². The quantitative estimate of drug-likeness (QED) is 0.860. The zero-order valence-corrected chi connectivity index (χ0v) is 14.5. The lowest BCUT2D eigenvalue weighted by molar-refractivity contribution is -0.136. The maximum Gasteiger partial charge on any atom is 0.228 e. The van der Waals surface area contributed by atoms with Crippen LogP contribution in [0.5, 0.6) is 0 Å². The molecular weight excluding hydrogens is 320 g/mol. The summed E-state index contributed by atoms with van der Waals surface area (Å²) in [6.45, 7) is 2.55. The number of aromatic nitrogens is 2. The minimum atomic E-state index is 0.0584. The number of likely N-dealkylation sites (tertiary alicyclic amines) is 1. The fourth-order valence-electron chi connectivity index (χ4n) is 3.86. The lowest BCUT2D eigenvalue weighted by Gasteiger charge is -2.35. The lowest BCUT2D eigenvalue weighted by Crippen LogP contribution is -2.45. The van der Waals surface area contributed by atoms with Gasteiger partial charge in [0.15, 0.2) is 0 Å². The van der Waals surface area contributed by atoms with E-state index < -0.39 is 0 Å². The van der Waals surface area contributed by atoms with E-state index >= 15 is 0 Å². The fourth-order valence-corrected chi connectivity index (χ4v) is 4.73. The first-order chi connectivity index (χ1) is 11.8. The minimum Gasteiger partial charge on any atom is -0.340 e. The summed E-state index contributed by atoms with van der Waals surface area (Å²) in [5.74, 6) is 1.11. The first-order valence-electron chi connectivity index (χ1n) is 8.69. The molecule has 2 aliphatic heterocycles. The van der Waals surface area contributed by atoms with Crippen molar-refractivity contribution in [2.75, 3.05) is 24.5 Å². The molecule has 2 atom stereocenters. The van der Waals surface area contributed by atoms with Gasteiger partial charge >= 0.3 is 0 Å². The highest BCUT2D eigenvalue weighted by molar-refractivity contribution is 7.10. The lowest BCUT2D eigenvalue weighted by atomic mass is 9.96. The van der Waals surface area contributed by atoms with E-state index in [2.05, 4.69) is 37.3 Å². The standard InChI is InChI=1S/C18H22N4OS/c23-17(22-11-2-6-15(22)16-7-3-12-24-16)14-5-1-10-21(13-14)18-19-8-4-9-20-18/h3-4,7-9,12,14-15H,1-2,5-6,10-11,13H2/t14-,15-/m0/s1. The van der Waals surface area contributed by atoms with Crippen molar-refractivity contribution in [2.24, 2.45) is 5.92 Å². The number of piperidine rings is 1. The van der Waals surface area contributed by atoms with Crippen LogP contribution in [-0.2, 0) is 4.79 Å². The van der Waals surface area contributed by atoms with Crippen LogP contribution in [0.4, 0.5) is 5.95 Å². The third kappa shape index (κ3) is 3.02. The van der Waals surface area contributed by atoms with E-state index in [0.717, 1.165) is 51.3 Å². The molecule has 0 aromatic carbocycles. The smallest absolute Gasteiger partial charge is 0.228 e. The van der Waals surface area contributed by atoms with Crippen LogP contribution in [-0.4, -0.2) is 40.4 Å². The van der Waals surface area contributed by atoms with E-state index in [9.17, 15) is 4.79 Å². The number of amides is 1. The third-order valence-electron chi connectivity index (χ3n) is 5.01. The molecule has 2 fully saturated rings. The Labute approximate surface area is 146 Å². The summed E-state index contributed by atoms with van der Waals surface area (Å²) in [6, 6.07) is 6.34. The van der Waals surface area contributed by atoms with Crippen LogP contribution in [0, 0.1) is 5.92 Å². The molecule has 2 aromatic rings. The molecule has 24 heavy (non-hydrogen) atoms. The van der Waals surface area contributed by atoms with Gasteiger partial charge < -0.3 is 9.80 Å². The number of thiophene rings is 1. The van der Waals surface area contributed by atoms with Gasteiger partial charge in [-0.1, -0.05) is 6.07 Å². The van der Waals surface area contributed by atoms with E-state index in [1.165, 1.54) is 4.88 Å². The van der Waals surface area contributed by atoms with Gasteiger partial charge in [-0.3, -0.25) is 4.79 Å². The van der Waals surface area contributed by atoms with Crippen molar-refractivity contribution in [2.45, 2.75) is 31.7 Å². The molecule has 0 bridgehead atoms. The maximum absolute atomic E-state index is 13.1. The van der Waals surface area contributed by atoms with Gasteiger partial charge in [-0.15, -0.1) is 11.3 Å². The molecule has 0 radical (unpaired) electrons. The molecule has 2 aliphatic rings. The molecule has 5 nitrogen and oxygen atoms in total. The van der Waals surface area contributed by atoms with E-state index in [-0.39, 0.29) is 12.0 Å². The number of hydrogen-bond donors (Lipinski definition) is 0. The van der Waals surface area contributed by atoms with Gasteiger partial charge in [-0.25, -0.2) is 9.97 Å². The van der Waals surface area contributed by atoms with Gasteiger partial charge in [0, 0.05) is 36.9 Å². The third-order valence-corrected chi connectivity index (χ3v) is 5.99. The summed E-state index contributed by atoms with van der Waals surface area (Å²) in [6.07, 6.45) is 7.71. The topological polar surface area (TPSA) is 49.3 Å². The zero-order chi connectivity index (χ0) is 16.4.